The largest absolute Gasteiger partial charge is 0.464 e. The smallest absolute Gasteiger partial charge is 0.336 e. The number of nitrogens with one attached hydrogen (secondary N) is 3. The van der Waals surface area contributed by atoms with Gasteiger partial charge in [-0.3, -0.25) is 19.3 Å². The molecular weight excluding hydrogens is 424 g/mol. The summed E-state index contributed by atoms with van der Waals surface area (Å²) < 4.78 is 5.25. The van der Waals surface area contributed by atoms with Crippen molar-refractivity contribution in [2.75, 3.05) is 27.5 Å². The van der Waals surface area contributed by atoms with Gasteiger partial charge in [0.05, 0.1) is 6.61 Å². The summed E-state index contributed by atoms with van der Waals surface area (Å²) in [7, 11) is 0. The average Bonchev–Trinajstić information content (AvgIpc) is 3.00. The van der Waals surface area contributed by atoms with Crippen molar-refractivity contribution in [3.05, 3.63) is 60.3 Å². The minimum Gasteiger partial charge on any atom is -0.464 e. The van der Waals surface area contributed by atoms with Crippen molar-refractivity contribution >= 4 is 46.4 Å². The lowest BCUT2D eigenvalue weighted by atomic mass is 10.0. The fourth-order valence-corrected chi connectivity index (χ4v) is 3.53. The maximum absolute atomic E-state index is 13.4. The Labute approximate surface area is 191 Å². The molecule has 0 aliphatic carbocycles. The molecule has 2 aromatic carbocycles. The van der Waals surface area contributed by atoms with E-state index in [4.69, 9.17) is 4.74 Å². The van der Waals surface area contributed by atoms with Crippen LogP contribution in [0.15, 0.2) is 60.3 Å². The van der Waals surface area contributed by atoms with Gasteiger partial charge in [0.25, 0.3) is 5.91 Å². The number of amides is 3. The molecule has 0 spiro atoms. The molecule has 3 N–H and O–H groups in total. The lowest BCUT2D eigenvalue weighted by Crippen LogP contribution is -2.51. The molecule has 3 amide bonds. The third kappa shape index (κ3) is 5.20. The van der Waals surface area contributed by atoms with Gasteiger partial charge in [-0.2, -0.15) is 0 Å². The van der Waals surface area contributed by atoms with Crippen LogP contribution in [0.4, 0.5) is 22.7 Å². The minimum atomic E-state index is -1.37. The van der Waals surface area contributed by atoms with Gasteiger partial charge in [0.1, 0.15) is 5.70 Å². The number of anilines is 4. The van der Waals surface area contributed by atoms with Crippen molar-refractivity contribution in [1.82, 2.24) is 0 Å². The summed E-state index contributed by atoms with van der Waals surface area (Å²) >= 11 is 0. The molecule has 33 heavy (non-hydrogen) atoms. The second-order valence-electron chi connectivity index (χ2n) is 7.68. The van der Waals surface area contributed by atoms with Crippen molar-refractivity contribution in [2.45, 2.75) is 33.2 Å². The monoisotopic (exact) mass is 450 g/mol. The molecule has 0 aromatic heterocycles. The Morgan fingerprint density at radius 2 is 1.36 bits per heavy atom. The van der Waals surface area contributed by atoms with Gasteiger partial charge in [-0.05, 0) is 68.5 Å². The first-order valence-electron chi connectivity index (χ1n) is 10.4. The molecule has 9 heteroatoms. The van der Waals surface area contributed by atoms with Gasteiger partial charge in [-0.15, -0.1) is 0 Å². The van der Waals surface area contributed by atoms with Gasteiger partial charge in [0.15, 0.2) is 5.54 Å². The number of carbonyl (C=O) groups is 4. The van der Waals surface area contributed by atoms with Crippen LogP contribution in [0, 0.1) is 0 Å². The van der Waals surface area contributed by atoms with Gasteiger partial charge in [-0.1, -0.05) is 0 Å². The summed E-state index contributed by atoms with van der Waals surface area (Å²) in [6, 6.07) is 13.4. The quantitative estimate of drug-likeness (QED) is 0.558. The van der Waals surface area contributed by atoms with E-state index < -0.39 is 17.4 Å². The van der Waals surface area contributed by atoms with Crippen LogP contribution >= 0.6 is 0 Å². The van der Waals surface area contributed by atoms with Crippen molar-refractivity contribution in [1.29, 1.82) is 0 Å². The molecule has 0 saturated carbocycles. The molecule has 2 aromatic rings. The van der Waals surface area contributed by atoms with Crippen LogP contribution in [0.2, 0.25) is 0 Å². The minimum absolute atomic E-state index is 0.166. The van der Waals surface area contributed by atoms with Crippen LogP contribution < -0.4 is 20.9 Å². The number of ether oxygens (including phenoxy) is 1. The predicted molar refractivity (Wildman–Crippen MR) is 126 cm³/mol. The standard InChI is InChI=1S/C24H26N4O5/c1-5-33-23(32)24(4)14-21(27-19-8-6-17(7-9-19)25-15(2)29)22(31)28(24)20-12-10-18(11-13-20)26-16(3)30/h6-14,27H,5H2,1-4H3,(H,25,29)(H,26,30)/t24-/m0/s1. The van der Waals surface area contributed by atoms with E-state index in [-0.39, 0.29) is 24.1 Å². The highest BCUT2D eigenvalue weighted by Gasteiger charge is 2.49. The second kappa shape index (κ2) is 9.56. The topological polar surface area (TPSA) is 117 Å². The molecule has 0 bridgehead atoms. The highest BCUT2D eigenvalue weighted by Crippen LogP contribution is 2.36. The summed E-state index contributed by atoms with van der Waals surface area (Å²) in [6.45, 7) is 6.30. The Kier molecular flexibility index (Phi) is 6.81. The van der Waals surface area contributed by atoms with Crippen molar-refractivity contribution < 1.29 is 23.9 Å². The lowest BCUT2D eigenvalue weighted by Gasteiger charge is -2.32. The van der Waals surface area contributed by atoms with E-state index >= 15 is 0 Å². The fourth-order valence-electron chi connectivity index (χ4n) is 3.53. The molecule has 0 fully saturated rings. The van der Waals surface area contributed by atoms with E-state index in [0.29, 0.717) is 22.7 Å². The highest BCUT2D eigenvalue weighted by molar-refractivity contribution is 6.16. The summed E-state index contributed by atoms with van der Waals surface area (Å²) in [5.74, 6) is -1.38. The summed E-state index contributed by atoms with van der Waals surface area (Å²) in [5, 5.41) is 8.40. The Hall–Kier alpha value is -4.14. The molecular formula is C24H26N4O5. The lowest BCUT2D eigenvalue weighted by molar-refractivity contribution is -0.147. The van der Waals surface area contributed by atoms with Gasteiger partial charge in [0.2, 0.25) is 11.8 Å². The number of nitrogens with zero attached hydrogens (tertiary/aromatic N) is 1. The van der Waals surface area contributed by atoms with Crippen molar-refractivity contribution in [2.24, 2.45) is 0 Å². The van der Waals surface area contributed by atoms with Crippen LogP contribution in [0.25, 0.3) is 0 Å². The first-order chi connectivity index (χ1) is 15.6. The highest BCUT2D eigenvalue weighted by atomic mass is 16.5. The average molecular weight is 450 g/mol. The molecule has 0 saturated heterocycles. The third-order valence-electron chi connectivity index (χ3n) is 4.94. The maximum atomic E-state index is 13.4. The summed E-state index contributed by atoms with van der Waals surface area (Å²) in [6.07, 6.45) is 1.54. The fraction of sp³-hybridized carbons (Fsp3) is 0.250. The summed E-state index contributed by atoms with van der Waals surface area (Å²) in [4.78, 5) is 50.1. The number of carbonyl (C=O) groups excluding carboxylic acids is 4. The van der Waals surface area contributed by atoms with Gasteiger partial charge in [0, 0.05) is 36.6 Å². The van der Waals surface area contributed by atoms with E-state index in [1.165, 1.54) is 24.8 Å². The maximum Gasteiger partial charge on any atom is 0.336 e. The van der Waals surface area contributed by atoms with Crippen LogP contribution in [-0.4, -0.2) is 35.8 Å². The zero-order chi connectivity index (χ0) is 24.2. The number of hydrogen-bond acceptors (Lipinski definition) is 6. The van der Waals surface area contributed by atoms with Crippen molar-refractivity contribution in [3.63, 3.8) is 0 Å². The number of rotatable bonds is 7. The van der Waals surface area contributed by atoms with Gasteiger partial charge in [-0.25, -0.2) is 4.79 Å². The summed E-state index contributed by atoms with van der Waals surface area (Å²) in [5.41, 5.74) is 1.11. The normalized spacial score (nSPS) is 17.3. The molecule has 172 valence electrons. The van der Waals surface area contributed by atoms with Crippen molar-refractivity contribution in [3.8, 4) is 0 Å². The number of esters is 1. The zero-order valence-corrected chi connectivity index (χ0v) is 18.9. The third-order valence-corrected chi connectivity index (χ3v) is 4.94. The Morgan fingerprint density at radius 1 is 0.879 bits per heavy atom. The van der Waals surface area contributed by atoms with Crippen LogP contribution in [0.3, 0.4) is 0 Å². The zero-order valence-electron chi connectivity index (χ0n) is 18.9. The number of hydrogen-bond donors (Lipinski definition) is 3. The van der Waals surface area contributed by atoms with Crippen LogP contribution in [0.5, 0.6) is 0 Å². The molecule has 1 atom stereocenters. The van der Waals surface area contributed by atoms with Crippen LogP contribution in [-0.2, 0) is 23.9 Å². The SMILES string of the molecule is CCOC(=O)[C@]1(C)C=C(Nc2ccc(NC(C)=O)cc2)C(=O)N1c1ccc(NC(C)=O)cc1. The first kappa shape index (κ1) is 23.5. The number of benzene rings is 2. The Bertz CT molecular complexity index is 1110. The molecule has 1 aliphatic rings. The van der Waals surface area contributed by atoms with E-state index in [9.17, 15) is 19.2 Å². The van der Waals surface area contributed by atoms with Gasteiger partial charge < -0.3 is 20.7 Å². The second-order valence-corrected chi connectivity index (χ2v) is 7.68. The molecule has 0 unspecified atom stereocenters. The molecule has 0 radical (unpaired) electrons. The van der Waals surface area contributed by atoms with Crippen LogP contribution in [0.1, 0.15) is 27.7 Å². The van der Waals surface area contributed by atoms with E-state index in [1.807, 2.05) is 0 Å². The Balaban J connectivity index is 1.91. The Morgan fingerprint density at radius 3 is 1.85 bits per heavy atom. The van der Waals surface area contributed by atoms with E-state index in [2.05, 4.69) is 16.0 Å². The first-order valence-corrected chi connectivity index (χ1v) is 10.4. The van der Waals surface area contributed by atoms with Gasteiger partial charge >= 0.3 is 5.97 Å². The van der Waals surface area contributed by atoms with E-state index in [0.717, 1.165) is 0 Å². The van der Waals surface area contributed by atoms with E-state index in [1.54, 1.807) is 62.4 Å². The molecule has 1 aliphatic heterocycles. The predicted octanol–water partition coefficient (Wildman–Crippen LogP) is 3.27. The molecule has 9 nitrogen and oxygen atoms in total. The molecule has 1 heterocycles. The molecule has 3 rings (SSSR count).